The second-order valence-corrected chi connectivity index (χ2v) is 6.02. The normalized spacial score (nSPS) is 10.2. The molecule has 0 atom stereocenters. The van der Waals surface area contributed by atoms with Gasteiger partial charge in [0.1, 0.15) is 12.4 Å². The van der Waals surface area contributed by atoms with Gasteiger partial charge in [0, 0.05) is 12.7 Å². The Morgan fingerprint density at radius 1 is 0.966 bits per heavy atom. The van der Waals surface area contributed by atoms with Crippen molar-refractivity contribution < 1.29 is 34.8 Å². The van der Waals surface area contributed by atoms with Crippen LogP contribution in [0.3, 0.4) is 0 Å². The fourth-order valence-corrected chi connectivity index (χ4v) is 2.67. The number of esters is 2. The number of hydrogen-bond donors (Lipinski definition) is 1. The molecule has 1 N–H and O–H groups in total. The average molecular weight is 403 g/mol. The first-order chi connectivity index (χ1) is 14.0. The van der Waals surface area contributed by atoms with Crippen LogP contribution in [0, 0.1) is 5.92 Å². The first-order valence-corrected chi connectivity index (χ1v) is 8.78. The Morgan fingerprint density at radius 2 is 1.62 bits per heavy atom. The van der Waals surface area contributed by atoms with Gasteiger partial charge in [0.15, 0.2) is 5.92 Å². The first kappa shape index (κ1) is 21.7. The average Bonchev–Trinajstić information content (AvgIpc) is 2.75. The minimum atomic E-state index is -1.09. The highest BCUT2D eigenvalue weighted by Gasteiger charge is 2.29. The molecule has 0 radical (unpaired) electrons. The molecule has 0 heterocycles. The summed E-state index contributed by atoms with van der Waals surface area (Å²) < 4.78 is 19.9. The molecule has 2 aromatic rings. The van der Waals surface area contributed by atoms with E-state index in [9.17, 15) is 14.4 Å². The number of para-hydroxylation sites is 1. The quantitative estimate of drug-likeness (QED) is 0.410. The van der Waals surface area contributed by atoms with Crippen LogP contribution < -0.4 is 10.1 Å². The summed E-state index contributed by atoms with van der Waals surface area (Å²) >= 11 is 0. The highest BCUT2D eigenvalue weighted by Crippen LogP contribution is 2.23. The van der Waals surface area contributed by atoms with Crippen LogP contribution in [0.5, 0.6) is 5.75 Å². The lowest BCUT2D eigenvalue weighted by Crippen LogP contribution is -2.28. The molecular weight excluding hydrogens is 378 g/mol. The number of methoxy groups -OCH3 is 3. The van der Waals surface area contributed by atoms with E-state index in [0.717, 1.165) is 0 Å². The number of anilines is 1. The van der Waals surface area contributed by atoms with E-state index in [0.29, 0.717) is 22.6 Å². The predicted molar refractivity (Wildman–Crippen MR) is 107 cm³/mol. The monoisotopic (exact) mass is 403 g/mol. The van der Waals surface area contributed by atoms with Gasteiger partial charge in [-0.25, -0.2) is 4.79 Å². The molecule has 8 heteroatoms. The van der Waals surface area contributed by atoms with Crippen molar-refractivity contribution in [2.45, 2.75) is 13.0 Å². The molecule has 0 saturated heterocycles. The molecule has 0 aliphatic heterocycles. The zero-order valence-electron chi connectivity index (χ0n) is 16.5. The molecular formula is C21H25NO7. The highest BCUT2D eigenvalue weighted by molar-refractivity contribution is 5.95. The van der Waals surface area contributed by atoms with E-state index in [1.165, 1.54) is 21.3 Å². The van der Waals surface area contributed by atoms with E-state index in [1.807, 2.05) is 6.07 Å². The number of carbonyl (C=O) groups is 3. The molecule has 0 bridgehead atoms. The minimum absolute atomic E-state index is 0. The van der Waals surface area contributed by atoms with Gasteiger partial charge in [-0.1, -0.05) is 24.3 Å². The van der Waals surface area contributed by atoms with Crippen molar-refractivity contribution in [2.24, 2.45) is 5.92 Å². The van der Waals surface area contributed by atoms with E-state index >= 15 is 0 Å². The SMILES string of the molecule is COC(=O)C(Cc1ccc(OC)c(COC(=O)Nc2ccccc2)c1)C(=O)OC.[HH]. The van der Waals surface area contributed by atoms with Crippen LogP contribution in [0.15, 0.2) is 48.5 Å². The van der Waals surface area contributed by atoms with Crippen LogP contribution in [0.25, 0.3) is 0 Å². The van der Waals surface area contributed by atoms with Crippen molar-refractivity contribution in [3.8, 4) is 5.75 Å². The smallest absolute Gasteiger partial charge is 0.411 e. The molecule has 0 spiro atoms. The van der Waals surface area contributed by atoms with E-state index in [2.05, 4.69) is 14.8 Å². The second kappa shape index (κ2) is 10.7. The van der Waals surface area contributed by atoms with Crippen LogP contribution in [0.2, 0.25) is 0 Å². The van der Waals surface area contributed by atoms with Crippen LogP contribution in [-0.2, 0) is 36.8 Å². The molecule has 0 aliphatic rings. The van der Waals surface area contributed by atoms with Gasteiger partial charge in [0.2, 0.25) is 0 Å². The summed E-state index contributed by atoms with van der Waals surface area (Å²) in [6.07, 6.45) is -0.544. The lowest BCUT2D eigenvalue weighted by molar-refractivity contribution is -0.158. The Balaban J connectivity index is 0.00000450. The summed E-state index contributed by atoms with van der Waals surface area (Å²) in [5.41, 5.74) is 1.85. The van der Waals surface area contributed by atoms with Crippen molar-refractivity contribution in [1.82, 2.24) is 0 Å². The second-order valence-electron chi connectivity index (χ2n) is 6.02. The molecule has 0 unspecified atom stereocenters. The Bertz CT molecular complexity index is 842. The molecule has 8 nitrogen and oxygen atoms in total. The lowest BCUT2D eigenvalue weighted by Gasteiger charge is -2.15. The molecule has 29 heavy (non-hydrogen) atoms. The molecule has 0 aromatic heterocycles. The van der Waals surface area contributed by atoms with Gasteiger partial charge in [-0.05, 0) is 36.2 Å². The first-order valence-electron chi connectivity index (χ1n) is 8.78. The summed E-state index contributed by atoms with van der Waals surface area (Å²) in [4.78, 5) is 35.8. The highest BCUT2D eigenvalue weighted by atomic mass is 16.6. The third kappa shape index (κ3) is 6.24. The Labute approximate surface area is 170 Å². The van der Waals surface area contributed by atoms with Gasteiger partial charge in [-0.3, -0.25) is 14.9 Å². The molecule has 0 saturated carbocycles. The van der Waals surface area contributed by atoms with Crippen molar-refractivity contribution in [2.75, 3.05) is 26.6 Å². The standard InChI is InChI=1S/C21H23NO7.H2/c1-26-18-10-9-14(12-17(19(23)27-2)20(24)28-3)11-15(18)13-29-21(25)22-16-7-5-4-6-8-16;/h4-11,17H,12-13H2,1-3H3,(H,22,25);1H. The Morgan fingerprint density at radius 3 is 2.21 bits per heavy atom. The number of amides is 1. The van der Waals surface area contributed by atoms with Crippen LogP contribution in [-0.4, -0.2) is 39.4 Å². The number of hydrogen-bond acceptors (Lipinski definition) is 7. The third-order valence-electron chi connectivity index (χ3n) is 4.13. The molecule has 1 amide bonds. The fraction of sp³-hybridized carbons (Fsp3) is 0.286. The zero-order chi connectivity index (χ0) is 21.2. The number of benzene rings is 2. The van der Waals surface area contributed by atoms with Crippen LogP contribution >= 0.6 is 0 Å². The van der Waals surface area contributed by atoms with E-state index in [4.69, 9.17) is 9.47 Å². The van der Waals surface area contributed by atoms with E-state index in [1.54, 1.807) is 42.5 Å². The van der Waals surface area contributed by atoms with Crippen molar-refractivity contribution in [3.63, 3.8) is 0 Å². The zero-order valence-corrected chi connectivity index (χ0v) is 16.5. The maximum Gasteiger partial charge on any atom is 0.411 e. The van der Waals surface area contributed by atoms with Crippen molar-refractivity contribution >= 4 is 23.7 Å². The lowest BCUT2D eigenvalue weighted by atomic mass is 9.97. The van der Waals surface area contributed by atoms with Crippen molar-refractivity contribution in [1.29, 1.82) is 0 Å². The summed E-state index contributed by atoms with van der Waals surface area (Å²) in [6, 6.07) is 14.0. The fourth-order valence-electron chi connectivity index (χ4n) is 2.67. The number of carbonyl (C=O) groups excluding carboxylic acids is 3. The van der Waals surface area contributed by atoms with Gasteiger partial charge < -0.3 is 18.9 Å². The van der Waals surface area contributed by atoms with Gasteiger partial charge in [-0.2, -0.15) is 0 Å². The number of nitrogens with one attached hydrogen (secondary N) is 1. The number of rotatable bonds is 8. The largest absolute Gasteiger partial charge is 0.496 e. The summed E-state index contributed by atoms with van der Waals surface area (Å²) in [5.74, 6) is -1.96. The minimum Gasteiger partial charge on any atom is -0.496 e. The van der Waals surface area contributed by atoms with Gasteiger partial charge >= 0.3 is 18.0 Å². The molecule has 0 aliphatic carbocycles. The molecule has 156 valence electrons. The van der Waals surface area contributed by atoms with Crippen LogP contribution in [0.1, 0.15) is 12.6 Å². The molecule has 2 rings (SSSR count). The third-order valence-corrected chi connectivity index (χ3v) is 4.13. The summed E-state index contributed by atoms with van der Waals surface area (Å²) in [5, 5.41) is 2.62. The Kier molecular flexibility index (Phi) is 8.02. The molecule has 2 aromatic carbocycles. The summed E-state index contributed by atoms with van der Waals surface area (Å²) in [6.45, 7) is -0.0587. The van der Waals surface area contributed by atoms with Crippen LogP contribution in [0.4, 0.5) is 10.5 Å². The van der Waals surface area contributed by atoms with Gasteiger partial charge in [0.05, 0.1) is 21.3 Å². The Hall–Kier alpha value is -3.55. The van der Waals surface area contributed by atoms with E-state index in [-0.39, 0.29) is 14.5 Å². The number of ether oxygens (including phenoxy) is 4. The predicted octanol–water partition coefficient (Wildman–Crippen LogP) is 3.19. The maximum atomic E-state index is 12.0. The molecule has 0 fully saturated rings. The van der Waals surface area contributed by atoms with Crippen molar-refractivity contribution in [3.05, 3.63) is 59.7 Å². The van der Waals surface area contributed by atoms with Gasteiger partial charge in [0.25, 0.3) is 0 Å². The topological polar surface area (TPSA) is 100 Å². The summed E-state index contributed by atoms with van der Waals surface area (Å²) in [7, 11) is 3.90. The van der Waals surface area contributed by atoms with E-state index < -0.39 is 23.9 Å². The van der Waals surface area contributed by atoms with Gasteiger partial charge in [-0.15, -0.1) is 0 Å². The maximum absolute atomic E-state index is 12.0.